The fourth-order valence-corrected chi connectivity index (χ4v) is 0. The number of rotatable bonds is 0. The summed E-state index contributed by atoms with van der Waals surface area (Å²) in [6.07, 6.45) is 0. The van der Waals surface area contributed by atoms with Crippen molar-refractivity contribution in [1.82, 2.24) is 0 Å². The van der Waals surface area contributed by atoms with Gasteiger partial charge in [-0.3, -0.25) is 0 Å². The quantitative estimate of drug-likeness (QED) is 0.203. The Kier molecular flexibility index (Phi) is 315. The van der Waals surface area contributed by atoms with Crippen molar-refractivity contribution in [3.8, 4) is 0 Å². The third-order valence-electron chi connectivity index (χ3n) is 0. The Morgan fingerprint density at radius 1 is 0.239 bits per heavy atom. The van der Waals surface area contributed by atoms with Crippen LogP contribution in [0.5, 0.6) is 0 Å². The molecule has 27 nitrogen and oxygen atoms in total. The molecule has 0 spiro atoms. The van der Waals surface area contributed by atoms with Crippen LogP contribution in [0.2, 0.25) is 0 Å². The van der Waals surface area contributed by atoms with Gasteiger partial charge in [0.1, 0.15) is 0 Å². The molecule has 0 aliphatic heterocycles. The molecule has 0 atom stereocenters. The molecular weight excluding hydrogens is 1120 g/mol. The van der Waals surface area contributed by atoms with Gasteiger partial charge in [0.15, 0.2) is 0 Å². The van der Waals surface area contributed by atoms with Crippen LogP contribution in [0.3, 0.4) is 0 Å². The van der Waals surface area contributed by atoms with E-state index in [0.29, 0.717) is 0 Å². The van der Waals surface area contributed by atoms with Crippen molar-refractivity contribution in [2.75, 3.05) is 0 Å². The van der Waals surface area contributed by atoms with Crippen LogP contribution in [0.15, 0.2) is 0 Å². The zero-order valence-corrected chi connectivity index (χ0v) is 56.4. The summed E-state index contributed by atoms with van der Waals surface area (Å²) in [5, 5.41) is 0. The smallest absolute Gasteiger partial charge is 0.672 e. The maximum atomic E-state index is 8.52. The third-order valence-corrected chi connectivity index (χ3v) is 0. The molecule has 0 saturated heterocycles. The Bertz CT molecular complexity index is 466. The molecule has 0 aliphatic rings. The van der Waals surface area contributed by atoms with E-state index in [1.54, 1.807) is 0 Å². The predicted octanol–water partition coefficient (Wildman–Crippen LogP) is -40.2. The normalized spacial score (nSPS) is 4.70. The van der Waals surface area contributed by atoms with E-state index in [1.807, 2.05) is 0 Å². The first-order valence-corrected chi connectivity index (χ1v) is 16.5. The zero-order valence-electron chi connectivity index (χ0n) is 23.5. The van der Waals surface area contributed by atoms with Crippen LogP contribution in [0.1, 0.15) is 0 Å². The Hall–Kier alpha value is 8.37. The van der Waals surface area contributed by atoms with E-state index >= 15 is 0 Å². The van der Waals surface area contributed by atoms with Crippen LogP contribution in [0.4, 0.5) is 0 Å². The molecular formula is Al2Ca2K2Na2O27Si9Sr2. The maximum Gasteiger partial charge on any atom is 3.00 e. The van der Waals surface area contributed by atoms with Gasteiger partial charge in [-0.1, -0.05) is 0 Å². The second kappa shape index (κ2) is 117. The van der Waals surface area contributed by atoms with Crippen molar-refractivity contribution in [2.45, 2.75) is 0 Å². The van der Waals surface area contributed by atoms with Crippen molar-refractivity contribution in [2.24, 2.45) is 0 Å². The molecule has 0 bridgehead atoms. The first-order chi connectivity index (χ1) is 15.6. The van der Waals surface area contributed by atoms with Crippen LogP contribution in [0, 0.1) is 0 Å². The maximum absolute atomic E-state index is 8.52. The fourth-order valence-electron chi connectivity index (χ4n) is 0. The minimum absolute atomic E-state index is 0. The molecule has 0 aromatic carbocycles. The van der Waals surface area contributed by atoms with Crippen molar-refractivity contribution in [3.05, 3.63) is 0 Å². The molecule has 0 amide bonds. The first kappa shape index (κ1) is 124. The van der Waals surface area contributed by atoms with Crippen molar-refractivity contribution >= 4 is 284 Å². The molecule has 0 aromatic heterocycles. The molecule has 0 rings (SSSR count). The summed E-state index contributed by atoms with van der Waals surface area (Å²) in [5.74, 6) is 0. The van der Waals surface area contributed by atoms with Crippen LogP contribution in [-0.4, -0.2) is 284 Å². The number of hydrogen-bond acceptors (Lipinski definition) is 27. The van der Waals surface area contributed by atoms with E-state index in [-0.39, 0.29) is 363 Å². The van der Waals surface area contributed by atoms with E-state index in [9.17, 15) is 0 Å². The molecule has 0 aliphatic carbocycles. The molecule has 0 unspecified atom stereocenters. The molecule has 0 heterocycles. The van der Waals surface area contributed by atoms with Crippen molar-refractivity contribution in [1.29, 1.82) is 0 Å². The van der Waals surface area contributed by atoms with Crippen LogP contribution < -0.4 is 248 Å². The van der Waals surface area contributed by atoms with Gasteiger partial charge in [-0.15, -0.1) is 0 Å². The third kappa shape index (κ3) is 1970. The van der Waals surface area contributed by atoms with Gasteiger partial charge in [0.2, 0.25) is 0 Å². The first-order valence-electron chi connectivity index (χ1n) is 5.51. The summed E-state index contributed by atoms with van der Waals surface area (Å²) in [6, 6.07) is 0. The summed E-state index contributed by atoms with van der Waals surface area (Å²) in [7, 11) is -32.7. The zero-order chi connectivity index (χ0) is 32.2. The minimum atomic E-state index is -3.63. The molecule has 0 aromatic rings. The average molecular weight is 1120 g/mol. The second-order valence-corrected chi connectivity index (χ2v) is 6.75. The predicted molar refractivity (Wildman–Crippen MR) is 92.5 cm³/mol. The Morgan fingerprint density at radius 3 is 0.239 bits per heavy atom. The molecule has 216 valence electrons. The Morgan fingerprint density at radius 2 is 0.239 bits per heavy atom. The van der Waals surface area contributed by atoms with E-state index in [0.717, 1.165) is 0 Å². The van der Waals surface area contributed by atoms with Crippen LogP contribution in [-0.2, 0) is 40.2 Å². The largest absolute Gasteiger partial charge is 3.00 e. The summed E-state index contributed by atoms with van der Waals surface area (Å²) >= 11 is 0. The monoisotopic (exact) mass is 1120 g/mol. The fraction of sp³-hybridized carbons (Fsp3) is 0. The second-order valence-electron chi connectivity index (χ2n) is 2.25. The molecule has 0 saturated carbocycles. The SMILES string of the molecule is O=[Si]([O-])[O-].O=[Si]([O-])[O-].O=[Si]([O-])[O-].O=[Si]([O-])[O-].O=[Si]([O-])[O-].O=[Si]([O-])[O-].O=[Si]([O-])[O-].O=[Si]([O-])[O-].O=[Si]([O-])[O-].[Al+3].[Al+3].[Ca+2].[Ca+2].[K+].[K+].[Na+].[Na+].[Sr+2].[Sr+2]. The van der Waals surface area contributed by atoms with Gasteiger partial charge in [0.25, 0.3) is 0 Å². The van der Waals surface area contributed by atoms with Crippen LogP contribution in [0.25, 0.3) is 0 Å². The van der Waals surface area contributed by atoms with E-state index in [2.05, 4.69) is 0 Å². The van der Waals surface area contributed by atoms with Crippen molar-refractivity contribution < 1.29 is 288 Å². The summed E-state index contributed by atoms with van der Waals surface area (Å²) in [4.78, 5) is 153. The summed E-state index contributed by atoms with van der Waals surface area (Å²) in [6.45, 7) is 0. The van der Waals surface area contributed by atoms with Crippen molar-refractivity contribution in [3.63, 3.8) is 0 Å². The van der Waals surface area contributed by atoms with Gasteiger partial charge >= 0.3 is 363 Å². The van der Waals surface area contributed by atoms with Gasteiger partial charge in [-0.2, -0.15) is 0 Å². The van der Waals surface area contributed by atoms with Gasteiger partial charge in [-0.25, -0.2) is 0 Å². The Balaban J connectivity index is -0.0000000102. The van der Waals surface area contributed by atoms with E-state index < -0.39 is 82.5 Å². The minimum Gasteiger partial charge on any atom is -0.672 e. The van der Waals surface area contributed by atoms with Gasteiger partial charge in [0, 0.05) is 82.5 Å². The Labute approximate surface area is 556 Å². The van der Waals surface area contributed by atoms with Gasteiger partial charge in [0.05, 0.1) is 0 Å². The molecule has 46 heavy (non-hydrogen) atoms. The van der Waals surface area contributed by atoms with Crippen LogP contribution >= 0.6 is 0 Å². The molecule has 0 radical (unpaired) electrons. The van der Waals surface area contributed by atoms with Gasteiger partial charge < -0.3 is 126 Å². The summed E-state index contributed by atoms with van der Waals surface area (Å²) in [5.41, 5.74) is 0. The molecule has 46 heteroatoms. The van der Waals surface area contributed by atoms with E-state index in [1.165, 1.54) is 0 Å². The standard InChI is InChI=1S/2Al.2Ca.2K.2Na.9O3Si.2Sr/c;;;;;;;;9*1-4(2)3;;/q2*+3;2*+2;4*+1;9*-2;2*+2. The average Bonchev–Trinajstić information content (AvgIpc) is 2.39. The summed E-state index contributed by atoms with van der Waals surface area (Å²) < 4.78 is 76.7. The van der Waals surface area contributed by atoms with E-state index in [4.69, 9.17) is 126 Å². The topological polar surface area (TPSA) is 569 Å². The molecule has 0 fully saturated rings. The molecule has 0 N–H and O–H groups in total. The number of hydrogen-bond donors (Lipinski definition) is 0. The van der Waals surface area contributed by atoms with Gasteiger partial charge in [-0.05, 0) is 0 Å².